The highest BCUT2D eigenvalue weighted by atomic mass is 127. The van der Waals surface area contributed by atoms with Crippen molar-refractivity contribution in [1.82, 2.24) is 15.5 Å². The van der Waals surface area contributed by atoms with Gasteiger partial charge in [0.15, 0.2) is 5.96 Å². The highest BCUT2D eigenvalue weighted by molar-refractivity contribution is 14.0. The van der Waals surface area contributed by atoms with E-state index in [1.165, 1.54) is 44.5 Å². The molecule has 1 saturated heterocycles. The van der Waals surface area contributed by atoms with E-state index in [2.05, 4.69) is 59.7 Å². The zero-order chi connectivity index (χ0) is 16.3. The van der Waals surface area contributed by atoms with Crippen molar-refractivity contribution in [3.63, 3.8) is 0 Å². The standard InChI is InChI=1S/C19H32N4.HI/c1-3-20-19(22-17(2)18-11-5-4-6-12-18)21-13-7-8-14-23-15-9-10-16-23;/h4-6,11-12,17H,3,7-10,13-16H2,1-2H3,(H2,20,21,22);1H. The van der Waals surface area contributed by atoms with Crippen LogP contribution in [0.15, 0.2) is 35.3 Å². The molecule has 1 aliphatic rings. The van der Waals surface area contributed by atoms with E-state index in [9.17, 15) is 0 Å². The Kier molecular flexibility index (Phi) is 11.1. The molecule has 1 aromatic rings. The second-order valence-corrected chi connectivity index (χ2v) is 6.29. The van der Waals surface area contributed by atoms with Crippen molar-refractivity contribution in [3.8, 4) is 0 Å². The molecule has 0 aromatic heterocycles. The summed E-state index contributed by atoms with van der Waals surface area (Å²) >= 11 is 0. The van der Waals surface area contributed by atoms with Crippen molar-refractivity contribution in [3.05, 3.63) is 35.9 Å². The zero-order valence-electron chi connectivity index (χ0n) is 15.1. The van der Waals surface area contributed by atoms with Gasteiger partial charge < -0.3 is 15.5 Å². The summed E-state index contributed by atoms with van der Waals surface area (Å²) in [5.41, 5.74) is 1.28. The van der Waals surface area contributed by atoms with Crippen LogP contribution < -0.4 is 10.6 Å². The van der Waals surface area contributed by atoms with Gasteiger partial charge in [0.2, 0.25) is 0 Å². The Labute approximate surface area is 164 Å². The highest BCUT2D eigenvalue weighted by Gasteiger charge is 2.10. The van der Waals surface area contributed by atoms with Crippen molar-refractivity contribution in [2.45, 2.75) is 45.6 Å². The van der Waals surface area contributed by atoms with Gasteiger partial charge in [-0.25, -0.2) is 0 Å². The van der Waals surface area contributed by atoms with E-state index in [-0.39, 0.29) is 30.0 Å². The van der Waals surface area contributed by atoms with Gasteiger partial charge in [-0.1, -0.05) is 30.3 Å². The van der Waals surface area contributed by atoms with Gasteiger partial charge in [-0.2, -0.15) is 0 Å². The van der Waals surface area contributed by atoms with E-state index >= 15 is 0 Å². The normalized spacial score (nSPS) is 16.5. The number of aliphatic imine (C=N–C) groups is 1. The molecule has 1 aliphatic heterocycles. The van der Waals surface area contributed by atoms with Crippen LogP contribution in [0.25, 0.3) is 0 Å². The average molecular weight is 444 g/mol. The first-order valence-electron chi connectivity index (χ1n) is 9.11. The quantitative estimate of drug-likeness (QED) is 0.277. The third kappa shape index (κ3) is 7.83. The summed E-state index contributed by atoms with van der Waals surface area (Å²) in [6.07, 6.45) is 5.16. The smallest absolute Gasteiger partial charge is 0.191 e. The van der Waals surface area contributed by atoms with E-state index in [0.29, 0.717) is 0 Å². The van der Waals surface area contributed by atoms with Gasteiger partial charge in [-0.15, -0.1) is 24.0 Å². The molecule has 4 nitrogen and oxygen atoms in total. The maximum atomic E-state index is 4.72. The van der Waals surface area contributed by atoms with Crippen LogP contribution in [-0.4, -0.2) is 43.6 Å². The first kappa shape index (κ1) is 21.2. The Morgan fingerprint density at radius 1 is 1.17 bits per heavy atom. The second kappa shape index (κ2) is 12.5. The van der Waals surface area contributed by atoms with Crippen LogP contribution >= 0.6 is 24.0 Å². The molecule has 24 heavy (non-hydrogen) atoms. The summed E-state index contributed by atoms with van der Waals surface area (Å²) in [7, 11) is 0. The van der Waals surface area contributed by atoms with E-state index < -0.39 is 0 Å². The lowest BCUT2D eigenvalue weighted by Crippen LogP contribution is -2.38. The number of hydrogen-bond acceptors (Lipinski definition) is 2. The molecule has 1 heterocycles. The van der Waals surface area contributed by atoms with E-state index in [1.807, 2.05) is 0 Å². The fourth-order valence-corrected chi connectivity index (χ4v) is 2.99. The SMILES string of the molecule is CCNC(=NCCCCN1CCCC1)NC(C)c1ccccc1.I. The Balaban J connectivity index is 0.00000288. The van der Waals surface area contributed by atoms with Crippen molar-refractivity contribution >= 4 is 29.9 Å². The van der Waals surface area contributed by atoms with Gasteiger partial charge >= 0.3 is 0 Å². The van der Waals surface area contributed by atoms with Crippen LogP contribution in [0.4, 0.5) is 0 Å². The number of halogens is 1. The molecule has 0 saturated carbocycles. The third-order valence-electron chi connectivity index (χ3n) is 4.35. The van der Waals surface area contributed by atoms with E-state index in [1.54, 1.807) is 0 Å². The molecule has 0 spiro atoms. The van der Waals surface area contributed by atoms with Crippen LogP contribution in [0, 0.1) is 0 Å². The number of nitrogens with one attached hydrogen (secondary N) is 2. The molecular weight excluding hydrogens is 411 g/mol. The first-order valence-corrected chi connectivity index (χ1v) is 9.11. The lowest BCUT2D eigenvalue weighted by Gasteiger charge is -2.18. The Morgan fingerprint density at radius 2 is 1.88 bits per heavy atom. The number of guanidine groups is 1. The number of hydrogen-bond donors (Lipinski definition) is 2. The van der Waals surface area contributed by atoms with Gasteiger partial charge in [0.1, 0.15) is 0 Å². The number of nitrogens with zero attached hydrogens (tertiary/aromatic N) is 2. The summed E-state index contributed by atoms with van der Waals surface area (Å²) in [5, 5.41) is 6.84. The largest absolute Gasteiger partial charge is 0.357 e. The summed E-state index contributed by atoms with van der Waals surface area (Å²) < 4.78 is 0. The molecule has 0 radical (unpaired) electrons. The number of benzene rings is 1. The van der Waals surface area contributed by atoms with Gasteiger partial charge in [0.05, 0.1) is 6.04 Å². The summed E-state index contributed by atoms with van der Waals surface area (Å²) in [6.45, 7) is 9.89. The topological polar surface area (TPSA) is 39.7 Å². The average Bonchev–Trinajstić information content (AvgIpc) is 3.09. The van der Waals surface area contributed by atoms with Crippen LogP contribution in [0.3, 0.4) is 0 Å². The second-order valence-electron chi connectivity index (χ2n) is 6.29. The molecule has 136 valence electrons. The summed E-state index contributed by atoms with van der Waals surface area (Å²) in [5.74, 6) is 0.921. The molecule has 1 atom stereocenters. The minimum atomic E-state index is 0. The molecule has 1 unspecified atom stereocenters. The van der Waals surface area contributed by atoms with Gasteiger partial charge in [0.25, 0.3) is 0 Å². The van der Waals surface area contributed by atoms with Crippen LogP contribution in [0.5, 0.6) is 0 Å². The molecule has 5 heteroatoms. The summed E-state index contributed by atoms with van der Waals surface area (Å²) in [6, 6.07) is 10.8. The molecular formula is C19H33IN4. The van der Waals surface area contributed by atoms with E-state index in [4.69, 9.17) is 4.99 Å². The molecule has 1 aromatic carbocycles. The van der Waals surface area contributed by atoms with Gasteiger partial charge in [-0.05, 0) is 64.7 Å². The van der Waals surface area contributed by atoms with Crippen LogP contribution in [0.1, 0.15) is 51.1 Å². The lowest BCUT2D eigenvalue weighted by atomic mass is 10.1. The van der Waals surface area contributed by atoms with Crippen molar-refractivity contribution in [1.29, 1.82) is 0 Å². The van der Waals surface area contributed by atoms with Gasteiger partial charge in [0, 0.05) is 13.1 Å². The Bertz CT molecular complexity index is 458. The first-order chi connectivity index (χ1) is 11.3. The van der Waals surface area contributed by atoms with Gasteiger partial charge in [-0.3, -0.25) is 4.99 Å². The maximum absolute atomic E-state index is 4.72. The third-order valence-corrected chi connectivity index (χ3v) is 4.35. The van der Waals surface area contributed by atoms with Crippen molar-refractivity contribution in [2.75, 3.05) is 32.7 Å². The highest BCUT2D eigenvalue weighted by Crippen LogP contribution is 2.11. The minimum absolute atomic E-state index is 0. The number of unbranched alkanes of at least 4 members (excludes halogenated alkanes) is 1. The molecule has 0 amide bonds. The minimum Gasteiger partial charge on any atom is -0.357 e. The van der Waals surface area contributed by atoms with Crippen molar-refractivity contribution in [2.24, 2.45) is 4.99 Å². The Hall–Kier alpha value is -0.820. The predicted molar refractivity (Wildman–Crippen MR) is 114 cm³/mol. The lowest BCUT2D eigenvalue weighted by molar-refractivity contribution is 0.331. The number of likely N-dealkylation sites (tertiary alicyclic amines) is 1. The molecule has 0 aliphatic carbocycles. The molecule has 2 rings (SSSR count). The molecule has 1 fully saturated rings. The molecule has 0 bridgehead atoms. The van der Waals surface area contributed by atoms with Crippen LogP contribution in [-0.2, 0) is 0 Å². The fourth-order valence-electron chi connectivity index (χ4n) is 2.99. The fraction of sp³-hybridized carbons (Fsp3) is 0.632. The monoisotopic (exact) mass is 444 g/mol. The van der Waals surface area contributed by atoms with Crippen LogP contribution in [0.2, 0.25) is 0 Å². The maximum Gasteiger partial charge on any atom is 0.191 e. The zero-order valence-corrected chi connectivity index (χ0v) is 17.5. The van der Waals surface area contributed by atoms with Crippen molar-refractivity contribution < 1.29 is 0 Å². The number of rotatable bonds is 8. The Morgan fingerprint density at radius 3 is 2.54 bits per heavy atom. The molecule has 2 N–H and O–H groups in total. The predicted octanol–water partition coefficient (Wildman–Crippen LogP) is 3.80. The van der Waals surface area contributed by atoms with E-state index in [0.717, 1.165) is 25.5 Å². The summed E-state index contributed by atoms with van der Waals surface area (Å²) in [4.78, 5) is 7.29.